The van der Waals surface area contributed by atoms with E-state index in [1.54, 1.807) is 11.0 Å². The minimum atomic E-state index is -0.281. The van der Waals surface area contributed by atoms with Crippen molar-refractivity contribution >= 4 is 17.5 Å². The first kappa shape index (κ1) is 14.3. The molecule has 1 amide bonds. The number of pyridine rings is 1. The first-order valence-electron chi connectivity index (χ1n) is 6.62. The third kappa shape index (κ3) is 3.45. The fraction of sp³-hybridized carbons (Fsp3) is 0.571. The molecule has 0 aliphatic carbocycles. The number of rotatable bonds is 2. The highest BCUT2D eigenvalue weighted by atomic mass is 35.5. The van der Waals surface area contributed by atoms with Gasteiger partial charge in [-0.1, -0.05) is 25.4 Å². The molecule has 0 atom stereocenters. The molecular formula is C14H19ClN2O2. The Labute approximate surface area is 118 Å². The Hall–Kier alpha value is -1.13. The quantitative estimate of drug-likeness (QED) is 0.848. The van der Waals surface area contributed by atoms with Crippen LogP contribution in [0.4, 0.5) is 0 Å². The maximum absolute atomic E-state index is 12.4. The second kappa shape index (κ2) is 5.88. The average molecular weight is 283 g/mol. The van der Waals surface area contributed by atoms with Gasteiger partial charge in [0.2, 0.25) is 0 Å². The molecule has 0 aromatic carbocycles. The minimum Gasteiger partial charge on any atom is -0.393 e. The molecule has 104 valence electrons. The number of hydrogen-bond donors (Lipinski definition) is 1. The van der Waals surface area contributed by atoms with E-state index >= 15 is 0 Å². The number of aliphatic hydroxyl groups excluding tert-OH is 1. The summed E-state index contributed by atoms with van der Waals surface area (Å²) in [7, 11) is 0. The van der Waals surface area contributed by atoms with E-state index in [1.165, 1.54) is 0 Å². The van der Waals surface area contributed by atoms with E-state index in [-0.39, 0.29) is 17.9 Å². The maximum atomic E-state index is 12.4. The molecule has 0 spiro atoms. The summed E-state index contributed by atoms with van der Waals surface area (Å²) in [6, 6.07) is 3.42. The van der Waals surface area contributed by atoms with Crippen LogP contribution in [0.25, 0.3) is 0 Å². The lowest BCUT2D eigenvalue weighted by molar-refractivity contribution is 0.0546. The zero-order valence-electron chi connectivity index (χ0n) is 11.3. The topological polar surface area (TPSA) is 53.4 Å². The van der Waals surface area contributed by atoms with Crippen molar-refractivity contribution in [1.82, 2.24) is 9.88 Å². The molecule has 1 aliphatic heterocycles. The van der Waals surface area contributed by atoms with Crippen LogP contribution in [0.2, 0.25) is 5.15 Å². The van der Waals surface area contributed by atoms with E-state index in [1.807, 2.05) is 19.9 Å². The molecule has 2 rings (SSSR count). The number of likely N-dealkylation sites (tertiary alicyclic amines) is 1. The minimum absolute atomic E-state index is 0.0295. The van der Waals surface area contributed by atoms with Crippen molar-refractivity contribution in [3.05, 3.63) is 28.5 Å². The van der Waals surface area contributed by atoms with E-state index in [2.05, 4.69) is 4.98 Å². The Bertz CT molecular complexity index is 469. The number of carbonyl (C=O) groups is 1. The Morgan fingerprint density at radius 3 is 2.63 bits per heavy atom. The van der Waals surface area contributed by atoms with Crippen molar-refractivity contribution in [3.8, 4) is 0 Å². The van der Waals surface area contributed by atoms with Crippen LogP contribution in [0, 0.1) is 0 Å². The third-order valence-electron chi connectivity index (χ3n) is 3.40. The smallest absolute Gasteiger partial charge is 0.254 e. The summed E-state index contributed by atoms with van der Waals surface area (Å²) >= 11 is 5.98. The lowest BCUT2D eigenvalue weighted by atomic mass is 10.0. The predicted octanol–water partition coefficient (Wildman–Crippen LogP) is 2.46. The summed E-state index contributed by atoms with van der Waals surface area (Å²) in [5, 5.41) is 9.82. The molecule has 1 fully saturated rings. The largest absolute Gasteiger partial charge is 0.393 e. The van der Waals surface area contributed by atoms with E-state index in [4.69, 9.17) is 11.6 Å². The van der Waals surface area contributed by atoms with E-state index in [0.29, 0.717) is 36.6 Å². The Kier molecular flexibility index (Phi) is 4.42. The molecule has 5 heteroatoms. The van der Waals surface area contributed by atoms with Crippen molar-refractivity contribution in [2.24, 2.45) is 0 Å². The van der Waals surface area contributed by atoms with Gasteiger partial charge >= 0.3 is 0 Å². The molecule has 0 saturated carbocycles. The van der Waals surface area contributed by atoms with Gasteiger partial charge in [-0.05, 0) is 30.9 Å². The Balaban J connectivity index is 2.19. The molecule has 0 radical (unpaired) electrons. The number of hydrogen-bond acceptors (Lipinski definition) is 3. The van der Waals surface area contributed by atoms with Gasteiger partial charge in [0.25, 0.3) is 5.91 Å². The van der Waals surface area contributed by atoms with Crippen molar-refractivity contribution in [1.29, 1.82) is 0 Å². The van der Waals surface area contributed by atoms with Crippen molar-refractivity contribution < 1.29 is 9.90 Å². The van der Waals surface area contributed by atoms with E-state index in [9.17, 15) is 9.90 Å². The summed E-state index contributed by atoms with van der Waals surface area (Å²) in [4.78, 5) is 18.4. The van der Waals surface area contributed by atoms with Gasteiger partial charge < -0.3 is 10.0 Å². The van der Waals surface area contributed by atoms with Gasteiger partial charge in [0, 0.05) is 24.3 Å². The average Bonchev–Trinajstić information content (AvgIpc) is 2.38. The summed E-state index contributed by atoms with van der Waals surface area (Å²) in [6.07, 6.45) is 1.000. The van der Waals surface area contributed by atoms with Gasteiger partial charge in [0.1, 0.15) is 5.15 Å². The Morgan fingerprint density at radius 2 is 2.05 bits per heavy atom. The zero-order valence-corrected chi connectivity index (χ0v) is 12.0. The molecule has 19 heavy (non-hydrogen) atoms. The highest BCUT2D eigenvalue weighted by Crippen LogP contribution is 2.20. The zero-order chi connectivity index (χ0) is 14.0. The first-order chi connectivity index (χ1) is 8.97. The van der Waals surface area contributed by atoms with Crippen molar-refractivity contribution in [2.75, 3.05) is 13.1 Å². The molecule has 1 aliphatic rings. The third-order valence-corrected chi connectivity index (χ3v) is 3.60. The van der Waals surface area contributed by atoms with Gasteiger partial charge in [0.05, 0.1) is 6.10 Å². The van der Waals surface area contributed by atoms with Crippen LogP contribution in [-0.4, -0.2) is 40.1 Å². The van der Waals surface area contributed by atoms with Crippen LogP contribution < -0.4 is 0 Å². The number of aromatic nitrogens is 1. The highest BCUT2D eigenvalue weighted by molar-refractivity contribution is 6.29. The number of amides is 1. The molecule has 1 N–H and O–H groups in total. The van der Waals surface area contributed by atoms with Gasteiger partial charge in [-0.25, -0.2) is 4.98 Å². The van der Waals surface area contributed by atoms with Crippen LogP contribution >= 0.6 is 11.6 Å². The molecule has 0 bridgehead atoms. The number of aliphatic hydroxyl groups is 1. The summed E-state index contributed by atoms with van der Waals surface area (Å²) in [5.41, 5.74) is 1.41. The van der Waals surface area contributed by atoms with Crippen LogP contribution in [-0.2, 0) is 0 Å². The van der Waals surface area contributed by atoms with Gasteiger partial charge in [-0.3, -0.25) is 4.79 Å². The molecule has 1 aromatic rings. The Morgan fingerprint density at radius 1 is 1.42 bits per heavy atom. The second-order valence-electron chi connectivity index (χ2n) is 5.28. The van der Waals surface area contributed by atoms with Gasteiger partial charge in [-0.15, -0.1) is 0 Å². The van der Waals surface area contributed by atoms with Crippen LogP contribution in [0.5, 0.6) is 0 Å². The molecule has 1 aromatic heterocycles. The number of carbonyl (C=O) groups excluding carboxylic acids is 1. The van der Waals surface area contributed by atoms with Crippen molar-refractivity contribution in [2.45, 2.75) is 38.7 Å². The molecule has 2 heterocycles. The van der Waals surface area contributed by atoms with Gasteiger partial charge in [-0.2, -0.15) is 0 Å². The molecule has 0 unspecified atom stereocenters. The fourth-order valence-corrected chi connectivity index (χ4v) is 2.40. The summed E-state index contributed by atoms with van der Waals surface area (Å²) in [6.45, 7) is 5.22. The van der Waals surface area contributed by atoms with Crippen molar-refractivity contribution in [3.63, 3.8) is 0 Å². The summed E-state index contributed by atoms with van der Waals surface area (Å²) in [5.74, 6) is 0.200. The monoisotopic (exact) mass is 282 g/mol. The van der Waals surface area contributed by atoms with Crippen LogP contribution in [0.3, 0.4) is 0 Å². The number of nitrogens with zero attached hydrogens (tertiary/aromatic N) is 2. The number of piperidine rings is 1. The van der Waals surface area contributed by atoms with Crippen LogP contribution in [0.15, 0.2) is 12.1 Å². The summed E-state index contributed by atoms with van der Waals surface area (Å²) < 4.78 is 0. The van der Waals surface area contributed by atoms with Crippen LogP contribution in [0.1, 0.15) is 48.7 Å². The molecule has 4 nitrogen and oxygen atoms in total. The second-order valence-corrected chi connectivity index (χ2v) is 5.67. The number of halogens is 1. The fourth-order valence-electron chi connectivity index (χ4n) is 2.19. The first-order valence-corrected chi connectivity index (χ1v) is 7.00. The van der Waals surface area contributed by atoms with E-state index < -0.39 is 0 Å². The molecular weight excluding hydrogens is 264 g/mol. The standard InChI is InChI=1S/C14H19ClN2O2/c1-9(2)12-7-10(8-13(15)16-12)14(19)17-5-3-11(18)4-6-17/h7-9,11,18H,3-6H2,1-2H3. The molecule has 1 saturated heterocycles. The SMILES string of the molecule is CC(C)c1cc(C(=O)N2CCC(O)CC2)cc(Cl)n1. The van der Waals surface area contributed by atoms with E-state index in [0.717, 1.165) is 5.69 Å². The van der Waals surface area contributed by atoms with Gasteiger partial charge in [0.15, 0.2) is 0 Å². The predicted molar refractivity (Wildman–Crippen MR) is 74.5 cm³/mol. The maximum Gasteiger partial charge on any atom is 0.254 e. The normalized spacial score (nSPS) is 17.0. The highest BCUT2D eigenvalue weighted by Gasteiger charge is 2.23. The lowest BCUT2D eigenvalue weighted by Crippen LogP contribution is -2.40. The lowest BCUT2D eigenvalue weighted by Gasteiger charge is -2.29.